The lowest BCUT2D eigenvalue weighted by molar-refractivity contribution is -0.153. The molecule has 33 heavy (non-hydrogen) atoms. The molecule has 1 heterocycles. The first kappa shape index (κ1) is 26.4. The third-order valence-electron chi connectivity index (χ3n) is 4.43. The lowest BCUT2D eigenvalue weighted by atomic mass is 10.1. The minimum atomic E-state index is -4.41. The van der Waals surface area contributed by atoms with Crippen molar-refractivity contribution in [1.29, 1.82) is 0 Å². The van der Waals surface area contributed by atoms with E-state index in [1.165, 1.54) is 0 Å². The number of para-hydroxylation sites is 1. The minimum Gasteiger partial charge on any atom is -0.484 e. The topological polar surface area (TPSA) is 76.4 Å². The first-order valence-corrected chi connectivity index (χ1v) is 10.1. The lowest BCUT2D eigenvalue weighted by Gasteiger charge is -2.14. The van der Waals surface area contributed by atoms with Crippen LogP contribution >= 0.6 is 24.0 Å². The van der Waals surface area contributed by atoms with Crippen molar-refractivity contribution in [1.82, 2.24) is 25.4 Å². The number of benzene rings is 2. The van der Waals surface area contributed by atoms with Gasteiger partial charge in [0.25, 0.3) is 0 Å². The van der Waals surface area contributed by atoms with Gasteiger partial charge in [0, 0.05) is 17.8 Å². The maximum Gasteiger partial charge on any atom is 0.422 e. The van der Waals surface area contributed by atoms with Crippen LogP contribution in [0.4, 0.5) is 13.2 Å². The average molecular weight is 574 g/mol. The molecule has 0 unspecified atom stereocenters. The highest BCUT2D eigenvalue weighted by molar-refractivity contribution is 14.0. The number of ether oxygens (including phenoxy) is 1. The van der Waals surface area contributed by atoms with E-state index in [2.05, 4.69) is 25.8 Å². The van der Waals surface area contributed by atoms with Crippen molar-refractivity contribution in [3.8, 4) is 11.4 Å². The second-order valence-electron chi connectivity index (χ2n) is 7.02. The van der Waals surface area contributed by atoms with Gasteiger partial charge in [0.15, 0.2) is 18.4 Å². The van der Waals surface area contributed by atoms with E-state index in [1.54, 1.807) is 25.4 Å². The van der Waals surface area contributed by atoms with Gasteiger partial charge >= 0.3 is 6.18 Å². The Morgan fingerprint density at radius 1 is 1.12 bits per heavy atom. The van der Waals surface area contributed by atoms with Gasteiger partial charge in [0.2, 0.25) is 0 Å². The highest BCUT2D eigenvalue weighted by atomic mass is 127. The van der Waals surface area contributed by atoms with E-state index in [1.807, 2.05) is 47.9 Å². The summed E-state index contributed by atoms with van der Waals surface area (Å²) >= 11 is 0. The Hall–Kier alpha value is -2.83. The molecule has 0 amide bonds. The first-order chi connectivity index (χ1) is 15.4. The van der Waals surface area contributed by atoms with Gasteiger partial charge < -0.3 is 15.4 Å². The SMILES string of the molecule is CCNC(=NCc1ccc(C)cc1OCC(F)(F)F)NCc1nncn1-c1ccccc1.I. The number of nitrogens with one attached hydrogen (secondary N) is 2. The molecule has 1 aromatic heterocycles. The summed E-state index contributed by atoms with van der Waals surface area (Å²) in [5.41, 5.74) is 2.30. The molecule has 0 bridgehead atoms. The Kier molecular flexibility index (Phi) is 9.95. The highest BCUT2D eigenvalue weighted by Crippen LogP contribution is 2.24. The summed E-state index contributed by atoms with van der Waals surface area (Å²) < 4.78 is 44.6. The van der Waals surface area contributed by atoms with Crippen LogP contribution in [0.3, 0.4) is 0 Å². The number of guanidine groups is 1. The predicted molar refractivity (Wildman–Crippen MR) is 131 cm³/mol. The zero-order chi connectivity index (χ0) is 23.0. The van der Waals surface area contributed by atoms with E-state index in [0.29, 0.717) is 30.4 Å². The molecule has 178 valence electrons. The molecular weight excluding hydrogens is 548 g/mol. The molecule has 0 radical (unpaired) electrons. The molecule has 7 nitrogen and oxygen atoms in total. The molecule has 0 atom stereocenters. The van der Waals surface area contributed by atoms with Crippen molar-refractivity contribution in [3.63, 3.8) is 0 Å². The van der Waals surface area contributed by atoms with Crippen LogP contribution in [0.15, 0.2) is 59.9 Å². The third-order valence-corrected chi connectivity index (χ3v) is 4.43. The lowest BCUT2D eigenvalue weighted by Crippen LogP contribution is -2.37. The van der Waals surface area contributed by atoms with Crippen LogP contribution in [0, 0.1) is 6.92 Å². The summed E-state index contributed by atoms with van der Waals surface area (Å²) in [6, 6.07) is 14.8. The Balaban J connectivity index is 0.00000385. The zero-order valence-corrected chi connectivity index (χ0v) is 20.6. The Bertz CT molecular complexity index is 1040. The molecule has 0 aliphatic heterocycles. The average Bonchev–Trinajstić information content (AvgIpc) is 3.24. The quantitative estimate of drug-likeness (QED) is 0.237. The summed E-state index contributed by atoms with van der Waals surface area (Å²) in [4.78, 5) is 4.50. The van der Waals surface area contributed by atoms with E-state index in [-0.39, 0.29) is 36.3 Å². The standard InChI is InChI=1S/C22H25F3N6O.HI/c1-3-26-21(28-13-20-30-29-15-31(20)18-7-5-4-6-8-18)27-12-17-10-9-16(2)11-19(17)32-14-22(23,24)25;/h4-11,15H,3,12-14H2,1-2H3,(H2,26,27,28);1H. The van der Waals surface area contributed by atoms with Crippen LogP contribution in [0.5, 0.6) is 5.75 Å². The summed E-state index contributed by atoms with van der Waals surface area (Å²) in [6.07, 6.45) is -2.78. The number of alkyl halides is 3. The van der Waals surface area contributed by atoms with Crippen LogP contribution in [0.1, 0.15) is 23.9 Å². The molecule has 3 aromatic rings. The van der Waals surface area contributed by atoms with E-state index >= 15 is 0 Å². The van der Waals surface area contributed by atoms with Crippen molar-refractivity contribution >= 4 is 29.9 Å². The van der Waals surface area contributed by atoms with Crippen molar-refractivity contribution < 1.29 is 17.9 Å². The van der Waals surface area contributed by atoms with E-state index in [4.69, 9.17) is 4.74 Å². The second-order valence-corrected chi connectivity index (χ2v) is 7.02. The number of aromatic nitrogens is 3. The molecule has 11 heteroatoms. The van der Waals surface area contributed by atoms with Crippen LogP contribution in [-0.4, -0.2) is 40.1 Å². The number of nitrogens with zero attached hydrogens (tertiary/aromatic N) is 4. The molecular formula is C22H26F3IN6O. The van der Waals surface area contributed by atoms with Crippen LogP contribution in [-0.2, 0) is 13.1 Å². The van der Waals surface area contributed by atoms with Gasteiger partial charge in [-0.05, 0) is 37.6 Å². The fourth-order valence-electron chi connectivity index (χ4n) is 2.94. The number of rotatable bonds is 8. The second kappa shape index (κ2) is 12.4. The molecule has 0 fully saturated rings. The fourth-order valence-corrected chi connectivity index (χ4v) is 2.94. The maximum atomic E-state index is 12.6. The summed E-state index contributed by atoms with van der Waals surface area (Å²) in [5, 5.41) is 14.4. The molecule has 3 rings (SSSR count). The summed E-state index contributed by atoms with van der Waals surface area (Å²) in [6.45, 7) is 3.48. The van der Waals surface area contributed by atoms with Crippen molar-refractivity contribution in [2.24, 2.45) is 4.99 Å². The predicted octanol–water partition coefficient (Wildman–Crippen LogP) is 4.39. The van der Waals surface area contributed by atoms with E-state index < -0.39 is 12.8 Å². The van der Waals surface area contributed by atoms with Crippen LogP contribution < -0.4 is 15.4 Å². The van der Waals surface area contributed by atoms with Gasteiger partial charge in [-0.3, -0.25) is 4.57 Å². The first-order valence-electron chi connectivity index (χ1n) is 10.1. The molecule has 2 aromatic carbocycles. The van der Waals surface area contributed by atoms with Crippen molar-refractivity contribution in [3.05, 3.63) is 71.8 Å². The van der Waals surface area contributed by atoms with Crippen molar-refractivity contribution in [2.75, 3.05) is 13.2 Å². The zero-order valence-electron chi connectivity index (χ0n) is 18.3. The molecule has 2 N–H and O–H groups in total. The largest absolute Gasteiger partial charge is 0.484 e. The normalized spacial score (nSPS) is 11.6. The minimum absolute atomic E-state index is 0. The van der Waals surface area contributed by atoms with Gasteiger partial charge in [-0.2, -0.15) is 13.2 Å². The smallest absolute Gasteiger partial charge is 0.422 e. The third kappa shape index (κ3) is 8.22. The van der Waals surface area contributed by atoms with Gasteiger partial charge in [-0.15, -0.1) is 34.2 Å². The fraction of sp³-hybridized carbons (Fsp3) is 0.318. The van der Waals surface area contributed by atoms with Gasteiger partial charge in [-0.1, -0.05) is 30.3 Å². The van der Waals surface area contributed by atoms with Crippen LogP contribution in [0.2, 0.25) is 0 Å². The molecule has 0 saturated heterocycles. The highest BCUT2D eigenvalue weighted by Gasteiger charge is 2.28. The maximum absolute atomic E-state index is 12.6. The Morgan fingerprint density at radius 2 is 1.88 bits per heavy atom. The van der Waals surface area contributed by atoms with Gasteiger partial charge in [0.05, 0.1) is 13.1 Å². The molecule has 0 saturated carbocycles. The monoisotopic (exact) mass is 574 g/mol. The van der Waals surface area contributed by atoms with Crippen molar-refractivity contribution in [2.45, 2.75) is 33.1 Å². The molecule has 0 spiro atoms. The summed E-state index contributed by atoms with van der Waals surface area (Å²) in [7, 11) is 0. The number of hydrogen-bond donors (Lipinski definition) is 2. The van der Waals surface area contributed by atoms with Gasteiger partial charge in [-0.25, -0.2) is 4.99 Å². The van der Waals surface area contributed by atoms with Crippen LogP contribution in [0.25, 0.3) is 5.69 Å². The number of aryl methyl sites for hydroxylation is 1. The summed E-state index contributed by atoms with van der Waals surface area (Å²) in [5.74, 6) is 1.36. The van der Waals surface area contributed by atoms with E-state index in [0.717, 1.165) is 11.3 Å². The molecule has 0 aliphatic rings. The molecule has 0 aliphatic carbocycles. The Labute approximate surface area is 207 Å². The number of halogens is 4. The van der Waals surface area contributed by atoms with E-state index in [9.17, 15) is 13.2 Å². The van der Waals surface area contributed by atoms with Gasteiger partial charge in [0.1, 0.15) is 12.1 Å². The Morgan fingerprint density at radius 3 is 2.58 bits per heavy atom. The number of aliphatic imine (C=N–C) groups is 1. The number of hydrogen-bond acceptors (Lipinski definition) is 4.